The average molecular weight is 354 g/mol. The summed E-state index contributed by atoms with van der Waals surface area (Å²) in [5, 5.41) is 3.23. The molecule has 0 aliphatic carbocycles. The fourth-order valence-corrected chi connectivity index (χ4v) is 3.37. The lowest BCUT2D eigenvalue weighted by Crippen LogP contribution is -2.46. The summed E-state index contributed by atoms with van der Waals surface area (Å²) in [7, 11) is 2.01. The Bertz CT molecular complexity index is 473. The van der Waals surface area contributed by atoms with Crippen molar-refractivity contribution < 1.29 is 4.79 Å². The maximum absolute atomic E-state index is 12.8. The number of rotatable bonds is 7. The van der Waals surface area contributed by atoms with Gasteiger partial charge < -0.3 is 10.2 Å². The number of piperidine rings is 1. The number of carbonyl (C=O) groups excluding carboxylic acids is 1. The summed E-state index contributed by atoms with van der Waals surface area (Å²) >= 11 is 0. The minimum atomic E-state index is 0. The first kappa shape index (κ1) is 20.9. The van der Waals surface area contributed by atoms with Crippen molar-refractivity contribution in [1.82, 2.24) is 10.2 Å². The molecular weight excluding hydrogens is 322 g/mol. The molecule has 4 nitrogen and oxygen atoms in total. The normalized spacial score (nSPS) is 16.0. The molecule has 0 spiro atoms. The number of nitrogens with zero attached hydrogens (tertiary/aromatic N) is 2. The fraction of sp³-hybridized carbons (Fsp3) is 0.632. The van der Waals surface area contributed by atoms with E-state index in [1.165, 1.54) is 19.3 Å². The lowest BCUT2D eigenvalue weighted by Gasteiger charge is -2.34. The number of halogens is 1. The molecule has 0 aromatic heterocycles. The van der Waals surface area contributed by atoms with E-state index in [9.17, 15) is 4.79 Å². The van der Waals surface area contributed by atoms with Gasteiger partial charge in [-0.1, -0.05) is 18.2 Å². The predicted octanol–water partition coefficient (Wildman–Crippen LogP) is 3.17. The van der Waals surface area contributed by atoms with Gasteiger partial charge in [0.25, 0.3) is 0 Å². The van der Waals surface area contributed by atoms with Crippen LogP contribution in [0.3, 0.4) is 0 Å². The van der Waals surface area contributed by atoms with Crippen LogP contribution in [-0.4, -0.2) is 50.1 Å². The molecule has 1 amide bonds. The number of hydrogen-bond acceptors (Lipinski definition) is 3. The molecule has 1 aliphatic rings. The van der Waals surface area contributed by atoms with E-state index in [0.29, 0.717) is 6.54 Å². The monoisotopic (exact) mass is 353 g/mol. The standard InChI is InChI=1S/C19H31N3O.ClH/c1-16(2)22(18-7-5-4-6-8-18)19(23)15-21-13-10-17(11-14-21)9-12-20-3;/h4-8,16-17,20H,9-15H2,1-3H3;1H. The smallest absolute Gasteiger partial charge is 0.241 e. The van der Waals surface area contributed by atoms with Crippen molar-refractivity contribution in [2.45, 2.75) is 39.2 Å². The molecular formula is C19H32ClN3O. The van der Waals surface area contributed by atoms with Gasteiger partial charge in [0.15, 0.2) is 0 Å². The summed E-state index contributed by atoms with van der Waals surface area (Å²) in [5.41, 5.74) is 0.997. The molecule has 0 atom stereocenters. The summed E-state index contributed by atoms with van der Waals surface area (Å²) < 4.78 is 0. The van der Waals surface area contributed by atoms with E-state index >= 15 is 0 Å². The number of anilines is 1. The highest BCUT2D eigenvalue weighted by atomic mass is 35.5. The van der Waals surface area contributed by atoms with E-state index in [0.717, 1.165) is 31.2 Å². The second kappa shape index (κ2) is 10.7. The first-order valence-corrected chi connectivity index (χ1v) is 8.86. The molecule has 1 aliphatic heterocycles. The zero-order valence-corrected chi connectivity index (χ0v) is 16.0. The van der Waals surface area contributed by atoms with Gasteiger partial charge in [-0.3, -0.25) is 9.69 Å². The molecule has 0 radical (unpaired) electrons. The van der Waals surface area contributed by atoms with Crippen molar-refractivity contribution in [3.8, 4) is 0 Å². The maximum atomic E-state index is 12.8. The molecule has 24 heavy (non-hydrogen) atoms. The van der Waals surface area contributed by atoms with E-state index in [-0.39, 0.29) is 24.4 Å². The second-order valence-corrected chi connectivity index (χ2v) is 6.80. The maximum Gasteiger partial charge on any atom is 0.241 e. The molecule has 0 bridgehead atoms. The largest absolute Gasteiger partial charge is 0.320 e. The van der Waals surface area contributed by atoms with Crippen LogP contribution in [0.5, 0.6) is 0 Å². The van der Waals surface area contributed by atoms with Crippen LogP contribution in [0.4, 0.5) is 5.69 Å². The highest BCUT2D eigenvalue weighted by molar-refractivity contribution is 5.95. The van der Waals surface area contributed by atoms with E-state index < -0.39 is 0 Å². The molecule has 1 heterocycles. The van der Waals surface area contributed by atoms with E-state index in [1.54, 1.807) is 0 Å². The second-order valence-electron chi connectivity index (χ2n) is 6.80. The molecule has 0 saturated carbocycles. The highest BCUT2D eigenvalue weighted by Gasteiger charge is 2.24. The number of carbonyl (C=O) groups is 1. The van der Waals surface area contributed by atoms with Gasteiger partial charge in [0.2, 0.25) is 5.91 Å². The lowest BCUT2D eigenvalue weighted by molar-refractivity contribution is -0.120. The molecule has 1 aromatic rings. The van der Waals surface area contributed by atoms with Gasteiger partial charge >= 0.3 is 0 Å². The van der Waals surface area contributed by atoms with Crippen LogP contribution < -0.4 is 10.2 Å². The molecule has 0 unspecified atom stereocenters. The predicted molar refractivity (Wildman–Crippen MR) is 104 cm³/mol. The van der Waals surface area contributed by atoms with Gasteiger partial charge in [-0.05, 0) is 77.8 Å². The Hall–Kier alpha value is -1.10. The Kier molecular flexibility index (Phi) is 9.34. The Morgan fingerprint density at radius 3 is 2.42 bits per heavy atom. The molecule has 2 rings (SSSR count). The van der Waals surface area contributed by atoms with E-state index in [4.69, 9.17) is 0 Å². The van der Waals surface area contributed by atoms with Crippen molar-refractivity contribution in [2.75, 3.05) is 38.1 Å². The Balaban J connectivity index is 0.00000288. The van der Waals surface area contributed by atoms with Crippen LogP contribution in [0, 0.1) is 5.92 Å². The summed E-state index contributed by atoms with van der Waals surface area (Å²) in [4.78, 5) is 17.0. The number of para-hydroxylation sites is 1. The van der Waals surface area contributed by atoms with Crippen LogP contribution >= 0.6 is 12.4 Å². The van der Waals surface area contributed by atoms with Crippen molar-refractivity contribution in [1.29, 1.82) is 0 Å². The van der Waals surface area contributed by atoms with Gasteiger partial charge in [-0.25, -0.2) is 0 Å². The lowest BCUT2D eigenvalue weighted by atomic mass is 9.93. The van der Waals surface area contributed by atoms with E-state index in [1.807, 2.05) is 42.3 Å². The zero-order valence-electron chi connectivity index (χ0n) is 15.2. The van der Waals surface area contributed by atoms with Gasteiger partial charge in [0.05, 0.1) is 6.54 Å². The van der Waals surface area contributed by atoms with Crippen LogP contribution in [0.15, 0.2) is 30.3 Å². The first-order valence-electron chi connectivity index (χ1n) is 8.86. The van der Waals surface area contributed by atoms with Crippen LogP contribution in [0.1, 0.15) is 33.1 Å². The number of likely N-dealkylation sites (tertiary alicyclic amines) is 1. The third-order valence-electron chi connectivity index (χ3n) is 4.69. The van der Waals surface area contributed by atoms with Crippen molar-refractivity contribution in [2.24, 2.45) is 5.92 Å². The number of hydrogen-bond donors (Lipinski definition) is 1. The van der Waals surface area contributed by atoms with Crippen molar-refractivity contribution >= 4 is 24.0 Å². The van der Waals surface area contributed by atoms with E-state index in [2.05, 4.69) is 24.1 Å². The summed E-state index contributed by atoms with van der Waals surface area (Å²) in [6.07, 6.45) is 3.67. The minimum absolute atomic E-state index is 0. The van der Waals surface area contributed by atoms with Crippen LogP contribution in [-0.2, 0) is 4.79 Å². The number of nitrogens with one attached hydrogen (secondary N) is 1. The molecule has 1 saturated heterocycles. The molecule has 1 aromatic carbocycles. The Morgan fingerprint density at radius 2 is 1.88 bits per heavy atom. The number of amides is 1. The van der Waals surface area contributed by atoms with Gasteiger partial charge in [-0.2, -0.15) is 0 Å². The van der Waals surface area contributed by atoms with Crippen LogP contribution in [0.25, 0.3) is 0 Å². The topological polar surface area (TPSA) is 35.6 Å². The van der Waals surface area contributed by atoms with Crippen LogP contribution in [0.2, 0.25) is 0 Å². The number of benzene rings is 1. The van der Waals surface area contributed by atoms with Crippen molar-refractivity contribution in [3.05, 3.63) is 30.3 Å². The highest BCUT2D eigenvalue weighted by Crippen LogP contribution is 2.21. The summed E-state index contributed by atoms with van der Waals surface area (Å²) in [5.74, 6) is 1.02. The van der Waals surface area contributed by atoms with Gasteiger partial charge in [0.1, 0.15) is 0 Å². The SMILES string of the molecule is CNCCC1CCN(CC(=O)N(c2ccccc2)C(C)C)CC1.Cl. The Labute approximate surface area is 153 Å². The Morgan fingerprint density at radius 1 is 1.25 bits per heavy atom. The van der Waals surface area contributed by atoms with Gasteiger partial charge in [-0.15, -0.1) is 12.4 Å². The quantitative estimate of drug-likeness (QED) is 0.817. The molecule has 1 N–H and O–H groups in total. The summed E-state index contributed by atoms with van der Waals surface area (Å²) in [6.45, 7) is 7.87. The third kappa shape index (κ3) is 6.08. The van der Waals surface area contributed by atoms with Crippen molar-refractivity contribution in [3.63, 3.8) is 0 Å². The van der Waals surface area contributed by atoms with Gasteiger partial charge in [0, 0.05) is 11.7 Å². The third-order valence-corrected chi connectivity index (χ3v) is 4.69. The zero-order chi connectivity index (χ0) is 16.7. The first-order chi connectivity index (χ1) is 11.1. The minimum Gasteiger partial charge on any atom is -0.320 e. The molecule has 1 fully saturated rings. The molecule has 136 valence electrons. The average Bonchev–Trinajstić information content (AvgIpc) is 2.55. The fourth-order valence-electron chi connectivity index (χ4n) is 3.37. The molecule has 5 heteroatoms. The summed E-state index contributed by atoms with van der Waals surface area (Å²) in [6, 6.07) is 10.2.